The second-order valence-corrected chi connectivity index (χ2v) is 13.6. The smallest absolute Gasteiger partial charge is 0.326 e. The van der Waals surface area contributed by atoms with Crippen molar-refractivity contribution in [2.75, 3.05) is 19.6 Å². The zero-order valence-electron chi connectivity index (χ0n) is 29.2. The number of phenols is 1. The van der Waals surface area contributed by atoms with Gasteiger partial charge in [-0.1, -0.05) is 71.4 Å². The number of hydrogen-bond donors (Lipinski definition) is 5. The molecule has 4 atom stereocenters. The van der Waals surface area contributed by atoms with Crippen molar-refractivity contribution in [3.05, 3.63) is 29.8 Å². The molecule has 2 aliphatic heterocycles. The first kappa shape index (κ1) is 39.3. The van der Waals surface area contributed by atoms with Crippen LogP contribution in [0.5, 0.6) is 5.75 Å². The first-order valence-electron chi connectivity index (χ1n) is 17.9. The summed E-state index contributed by atoms with van der Waals surface area (Å²) in [6.07, 6.45) is 9.99. The minimum absolute atomic E-state index is 0.0165. The van der Waals surface area contributed by atoms with Gasteiger partial charge in [-0.25, -0.2) is 4.79 Å². The average molecular weight is 686 g/mol. The standard InChI is InChI=1S/C36H55N5O8/c1-4-5-6-7-8-9-10-15-30(43)39-32(24(2)3)35(47)41-21-12-14-29(41)34(46)40-20-11-13-28(40)33(45)37-23-31(44)38-27(36(48)49)22-25-16-18-26(42)19-17-25/h16-19,24,27-29,32,42H,4-15,20-23H2,1-3H3,(H,37,45)(H,38,44)(H,39,43)(H,48,49)/t27-,28-,29-,32?/m0/s1. The Balaban J connectivity index is 1.53. The minimum Gasteiger partial charge on any atom is -0.508 e. The first-order valence-corrected chi connectivity index (χ1v) is 17.9. The number of aliphatic carboxylic acids is 1. The van der Waals surface area contributed by atoms with Crippen LogP contribution in [0.3, 0.4) is 0 Å². The number of nitrogens with one attached hydrogen (secondary N) is 3. The van der Waals surface area contributed by atoms with Crippen LogP contribution in [-0.4, -0.2) is 99.3 Å². The van der Waals surface area contributed by atoms with Gasteiger partial charge in [-0.05, 0) is 55.7 Å². The number of phenolic OH excluding ortho intramolecular Hbond substituents is 1. The highest BCUT2D eigenvalue weighted by atomic mass is 16.4. The molecule has 2 aliphatic rings. The van der Waals surface area contributed by atoms with E-state index in [0.29, 0.717) is 50.8 Å². The van der Waals surface area contributed by atoms with Crippen LogP contribution in [0.25, 0.3) is 0 Å². The van der Waals surface area contributed by atoms with Crippen LogP contribution in [0, 0.1) is 5.92 Å². The van der Waals surface area contributed by atoms with E-state index in [4.69, 9.17) is 0 Å². The molecule has 5 N–H and O–H groups in total. The fourth-order valence-corrected chi connectivity index (χ4v) is 6.56. The lowest BCUT2D eigenvalue weighted by Crippen LogP contribution is -2.57. The van der Waals surface area contributed by atoms with Crippen LogP contribution < -0.4 is 16.0 Å². The van der Waals surface area contributed by atoms with Gasteiger partial charge >= 0.3 is 5.97 Å². The topological polar surface area (TPSA) is 185 Å². The number of nitrogens with zero attached hydrogens (tertiary/aromatic N) is 2. The third-order valence-corrected chi connectivity index (χ3v) is 9.35. The zero-order valence-corrected chi connectivity index (χ0v) is 29.2. The highest BCUT2D eigenvalue weighted by Gasteiger charge is 2.44. The largest absolute Gasteiger partial charge is 0.508 e. The molecular formula is C36H55N5O8. The van der Waals surface area contributed by atoms with E-state index in [-0.39, 0.29) is 35.8 Å². The van der Waals surface area contributed by atoms with Gasteiger partial charge in [0.15, 0.2) is 0 Å². The molecule has 272 valence electrons. The predicted molar refractivity (Wildman–Crippen MR) is 183 cm³/mol. The maximum atomic E-state index is 13.8. The van der Waals surface area contributed by atoms with E-state index in [1.165, 1.54) is 36.3 Å². The fourth-order valence-electron chi connectivity index (χ4n) is 6.56. The summed E-state index contributed by atoms with van der Waals surface area (Å²) in [4.78, 5) is 80.9. The summed E-state index contributed by atoms with van der Waals surface area (Å²) in [7, 11) is 0. The van der Waals surface area contributed by atoms with Gasteiger partial charge in [0.1, 0.15) is 29.9 Å². The summed E-state index contributed by atoms with van der Waals surface area (Å²) in [6, 6.07) is 2.38. The number of benzene rings is 1. The number of carboxylic acid groups (broad SMARTS) is 1. The molecule has 2 saturated heterocycles. The predicted octanol–water partition coefficient (Wildman–Crippen LogP) is 2.88. The molecule has 13 nitrogen and oxygen atoms in total. The van der Waals surface area contributed by atoms with Crippen molar-refractivity contribution in [2.24, 2.45) is 5.92 Å². The molecular weight excluding hydrogens is 630 g/mol. The second kappa shape index (κ2) is 19.7. The van der Waals surface area contributed by atoms with Gasteiger partial charge in [-0.2, -0.15) is 0 Å². The number of hydrogen-bond acceptors (Lipinski definition) is 7. The Morgan fingerprint density at radius 1 is 0.816 bits per heavy atom. The van der Waals surface area contributed by atoms with E-state index < -0.39 is 48.5 Å². The van der Waals surface area contributed by atoms with Crippen LogP contribution in [0.15, 0.2) is 24.3 Å². The molecule has 2 heterocycles. The molecule has 0 radical (unpaired) electrons. The highest BCUT2D eigenvalue weighted by molar-refractivity contribution is 5.96. The Kier molecular flexibility index (Phi) is 15.8. The number of carbonyl (C=O) groups is 6. The molecule has 49 heavy (non-hydrogen) atoms. The summed E-state index contributed by atoms with van der Waals surface area (Å²) in [6.45, 7) is 6.15. The highest BCUT2D eigenvalue weighted by Crippen LogP contribution is 2.26. The zero-order chi connectivity index (χ0) is 35.9. The minimum atomic E-state index is -1.25. The summed E-state index contributed by atoms with van der Waals surface area (Å²) < 4.78 is 0. The average Bonchev–Trinajstić information content (AvgIpc) is 3.76. The molecule has 1 aromatic carbocycles. The van der Waals surface area contributed by atoms with Crippen molar-refractivity contribution in [3.63, 3.8) is 0 Å². The van der Waals surface area contributed by atoms with Crippen LogP contribution in [0.1, 0.15) is 103 Å². The summed E-state index contributed by atoms with van der Waals surface area (Å²) >= 11 is 0. The summed E-state index contributed by atoms with van der Waals surface area (Å²) in [5, 5.41) is 26.9. The number of carbonyl (C=O) groups excluding carboxylic acids is 5. The Bertz CT molecular complexity index is 1290. The molecule has 1 unspecified atom stereocenters. The number of unbranched alkanes of at least 4 members (excludes halogenated alkanes) is 6. The number of carboxylic acids is 1. The summed E-state index contributed by atoms with van der Waals surface area (Å²) in [5.74, 6) is -3.41. The summed E-state index contributed by atoms with van der Waals surface area (Å²) in [5.41, 5.74) is 0.597. The van der Waals surface area contributed by atoms with E-state index in [2.05, 4.69) is 22.9 Å². The molecule has 0 spiro atoms. The molecule has 5 amide bonds. The first-order chi connectivity index (χ1) is 23.4. The number of rotatable bonds is 19. The van der Waals surface area contributed by atoms with Crippen molar-refractivity contribution in [1.29, 1.82) is 0 Å². The maximum Gasteiger partial charge on any atom is 0.326 e. The van der Waals surface area contributed by atoms with Crippen LogP contribution in [0.4, 0.5) is 0 Å². The molecule has 0 aliphatic carbocycles. The lowest BCUT2D eigenvalue weighted by atomic mass is 10.0. The molecule has 2 fully saturated rings. The van der Waals surface area contributed by atoms with Crippen molar-refractivity contribution in [1.82, 2.24) is 25.8 Å². The van der Waals surface area contributed by atoms with Gasteiger partial charge in [0, 0.05) is 25.9 Å². The third kappa shape index (κ3) is 12.0. The third-order valence-electron chi connectivity index (χ3n) is 9.35. The Labute approximate surface area is 289 Å². The SMILES string of the molecule is CCCCCCCCCC(=O)NC(C(=O)N1CCC[C@H]1C(=O)N1CCC[C@H]1C(=O)NCC(=O)N[C@@H](Cc1ccc(O)cc1)C(=O)O)C(C)C. The van der Waals surface area contributed by atoms with Gasteiger partial charge < -0.3 is 36.0 Å². The van der Waals surface area contributed by atoms with Gasteiger partial charge in [0.25, 0.3) is 0 Å². The Morgan fingerprint density at radius 3 is 2.06 bits per heavy atom. The van der Waals surface area contributed by atoms with Gasteiger partial charge in [-0.3, -0.25) is 24.0 Å². The van der Waals surface area contributed by atoms with E-state index in [9.17, 15) is 39.0 Å². The van der Waals surface area contributed by atoms with Gasteiger partial charge in [-0.15, -0.1) is 0 Å². The van der Waals surface area contributed by atoms with Crippen molar-refractivity contribution < 1.29 is 39.0 Å². The van der Waals surface area contributed by atoms with Crippen LogP contribution in [0.2, 0.25) is 0 Å². The molecule has 0 saturated carbocycles. The van der Waals surface area contributed by atoms with Gasteiger partial charge in [0.05, 0.1) is 6.54 Å². The fraction of sp³-hybridized carbons (Fsp3) is 0.667. The molecule has 0 bridgehead atoms. The number of likely N-dealkylation sites (tertiary alicyclic amines) is 2. The monoisotopic (exact) mass is 685 g/mol. The van der Waals surface area contributed by atoms with E-state index in [0.717, 1.165) is 25.7 Å². The quantitative estimate of drug-likeness (QED) is 0.138. The van der Waals surface area contributed by atoms with Crippen molar-refractivity contribution in [3.8, 4) is 5.75 Å². The normalized spacial score (nSPS) is 18.6. The molecule has 3 rings (SSSR count). The van der Waals surface area contributed by atoms with E-state index in [1.807, 2.05) is 13.8 Å². The van der Waals surface area contributed by atoms with Gasteiger partial charge in [0.2, 0.25) is 29.5 Å². The van der Waals surface area contributed by atoms with Crippen molar-refractivity contribution in [2.45, 2.75) is 128 Å². The lowest BCUT2D eigenvalue weighted by Gasteiger charge is -2.33. The number of aromatic hydroxyl groups is 1. The lowest BCUT2D eigenvalue weighted by molar-refractivity contribution is -0.148. The number of amides is 5. The molecule has 0 aromatic heterocycles. The molecule has 13 heteroatoms. The molecule has 1 aromatic rings. The second-order valence-electron chi connectivity index (χ2n) is 13.6. The Morgan fingerprint density at radius 2 is 1.43 bits per heavy atom. The van der Waals surface area contributed by atoms with Crippen LogP contribution >= 0.6 is 0 Å². The Hall–Kier alpha value is -4.16. The maximum absolute atomic E-state index is 13.8. The van der Waals surface area contributed by atoms with Crippen LogP contribution in [-0.2, 0) is 35.2 Å². The van der Waals surface area contributed by atoms with Crippen molar-refractivity contribution >= 4 is 35.5 Å². The van der Waals surface area contributed by atoms with E-state index >= 15 is 0 Å². The van der Waals surface area contributed by atoms with E-state index in [1.54, 1.807) is 17.0 Å².